The average Bonchev–Trinajstić information content (AvgIpc) is 3.68. The third-order valence-corrected chi connectivity index (χ3v) is 8.96. The number of halogens is 3. The van der Waals surface area contributed by atoms with Crippen molar-refractivity contribution in [1.29, 1.82) is 0 Å². The molecule has 212 valence electrons. The van der Waals surface area contributed by atoms with Gasteiger partial charge in [-0.25, -0.2) is 23.0 Å². The Balaban J connectivity index is 1.67. The minimum absolute atomic E-state index is 0.113. The summed E-state index contributed by atoms with van der Waals surface area (Å²) < 4.78 is 64.6. The van der Waals surface area contributed by atoms with E-state index in [0.717, 1.165) is 30.8 Å². The molecule has 0 radical (unpaired) electrons. The molecule has 39 heavy (non-hydrogen) atoms. The van der Waals surface area contributed by atoms with Crippen molar-refractivity contribution in [3.63, 3.8) is 0 Å². The Hall–Kier alpha value is -2.57. The third-order valence-electron chi connectivity index (χ3n) is 6.52. The molecule has 12 heteroatoms. The SMILES string of the molecule is C=C(C)S/C(=C(/Oc1ccc(NS(=O)C2(F)CC2)c(F)c1F)C(C)CC)c1ccnc(NC2CCCNC2)n1. The van der Waals surface area contributed by atoms with Gasteiger partial charge in [0.1, 0.15) is 5.76 Å². The van der Waals surface area contributed by atoms with Crippen molar-refractivity contribution in [1.82, 2.24) is 15.3 Å². The second-order valence-electron chi connectivity index (χ2n) is 9.86. The van der Waals surface area contributed by atoms with Crippen LogP contribution in [-0.4, -0.2) is 38.3 Å². The van der Waals surface area contributed by atoms with Crippen molar-refractivity contribution < 1.29 is 22.1 Å². The fourth-order valence-corrected chi connectivity index (χ4v) is 5.88. The highest BCUT2D eigenvalue weighted by Gasteiger charge is 2.50. The first-order valence-corrected chi connectivity index (χ1v) is 15.0. The molecular formula is C27H34F3N5O2S2. The van der Waals surface area contributed by atoms with Gasteiger partial charge < -0.3 is 15.4 Å². The van der Waals surface area contributed by atoms with Crippen molar-refractivity contribution in [2.24, 2.45) is 5.92 Å². The molecule has 2 aliphatic rings. The number of rotatable bonds is 12. The summed E-state index contributed by atoms with van der Waals surface area (Å²) in [5, 5.41) is 4.81. The van der Waals surface area contributed by atoms with Gasteiger partial charge in [0.15, 0.2) is 22.6 Å². The van der Waals surface area contributed by atoms with Gasteiger partial charge in [-0.1, -0.05) is 32.2 Å². The first-order chi connectivity index (χ1) is 18.6. The highest BCUT2D eigenvalue weighted by Crippen LogP contribution is 2.44. The van der Waals surface area contributed by atoms with E-state index in [-0.39, 0.29) is 30.6 Å². The molecular weight excluding hydrogens is 547 g/mol. The fourth-order valence-electron chi connectivity index (χ4n) is 3.95. The Bertz CT molecular complexity index is 1270. The van der Waals surface area contributed by atoms with Crippen LogP contribution in [0.3, 0.4) is 0 Å². The Kier molecular flexibility index (Phi) is 9.60. The lowest BCUT2D eigenvalue weighted by Gasteiger charge is -2.24. The summed E-state index contributed by atoms with van der Waals surface area (Å²) in [5.74, 6) is -2.23. The van der Waals surface area contributed by atoms with Gasteiger partial charge in [-0.15, -0.1) is 0 Å². The molecule has 0 spiro atoms. The van der Waals surface area contributed by atoms with Crippen LogP contribution in [0.2, 0.25) is 0 Å². The number of nitrogens with one attached hydrogen (secondary N) is 3. The van der Waals surface area contributed by atoms with Crippen LogP contribution >= 0.6 is 11.8 Å². The molecule has 0 amide bonds. The summed E-state index contributed by atoms with van der Waals surface area (Å²) in [6.45, 7) is 11.5. The van der Waals surface area contributed by atoms with Crippen molar-refractivity contribution in [2.75, 3.05) is 23.1 Å². The predicted molar refractivity (Wildman–Crippen MR) is 152 cm³/mol. The molecule has 3 atom stereocenters. The average molecular weight is 582 g/mol. The van der Waals surface area contributed by atoms with E-state index >= 15 is 4.39 Å². The molecule has 3 unspecified atom stereocenters. The first kappa shape index (κ1) is 29.4. The monoisotopic (exact) mass is 581 g/mol. The fraction of sp³-hybridized carbons (Fsp3) is 0.481. The van der Waals surface area contributed by atoms with Crippen LogP contribution < -0.4 is 20.1 Å². The number of allylic oxidation sites excluding steroid dienone is 2. The summed E-state index contributed by atoms with van der Waals surface area (Å²) in [5.41, 5.74) is 0.170. The van der Waals surface area contributed by atoms with Gasteiger partial charge in [0.05, 0.1) is 16.3 Å². The van der Waals surface area contributed by atoms with E-state index in [0.29, 0.717) is 28.7 Å². The molecule has 2 fully saturated rings. The molecule has 1 aromatic carbocycles. The summed E-state index contributed by atoms with van der Waals surface area (Å²) in [6, 6.07) is 4.38. The molecule has 1 aromatic heterocycles. The Morgan fingerprint density at radius 1 is 1.33 bits per heavy atom. The zero-order valence-corrected chi connectivity index (χ0v) is 23.9. The molecule has 2 aromatic rings. The molecule has 1 aliphatic carbocycles. The van der Waals surface area contributed by atoms with Crippen LogP contribution in [0.5, 0.6) is 5.75 Å². The zero-order chi connectivity index (χ0) is 28.2. The van der Waals surface area contributed by atoms with E-state index in [1.165, 1.54) is 23.9 Å². The van der Waals surface area contributed by atoms with Crippen LogP contribution in [0.15, 0.2) is 41.6 Å². The van der Waals surface area contributed by atoms with Gasteiger partial charge in [0, 0.05) is 24.7 Å². The van der Waals surface area contributed by atoms with Crippen molar-refractivity contribution >= 4 is 39.3 Å². The second kappa shape index (κ2) is 12.7. The lowest BCUT2D eigenvalue weighted by atomic mass is 10.1. The van der Waals surface area contributed by atoms with Gasteiger partial charge >= 0.3 is 0 Å². The number of alkyl halides is 1. The second-order valence-corrected chi connectivity index (χ2v) is 12.6. The Labute approximate surface area is 234 Å². The lowest BCUT2D eigenvalue weighted by Crippen LogP contribution is -2.38. The van der Waals surface area contributed by atoms with E-state index in [9.17, 15) is 13.0 Å². The Morgan fingerprint density at radius 2 is 2.10 bits per heavy atom. The molecule has 7 nitrogen and oxygen atoms in total. The van der Waals surface area contributed by atoms with Crippen molar-refractivity contribution in [3.8, 4) is 5.75 Å². The number of benzene rings is 1. The Morgan fingerprint density at radius 3 is 2.74 bits per heavy atom. The van der Waals surface area contributed by atoms with E-state index in [1.807, 2.05) is 20.8 Å². The highest BCUT2D eigenvalue weighted by molar-refractivity contribution is 8.11. The van der Waals surface area contributed by atoms with E-state index < -0.39 is 33.3 Å². The van der Waals surface area contributed by atoms with Gasteiger partial charge in [0.25, 0.3) is 0 Å². The molecule has 2 heterocycles. The number of nitrogens with zero attached hydrogens (tertiary/aromatic N) is 2. The lowest BCUT2D eigenvalue weighted by molar-refractivity contribution is 0.333. The first-order valence-electron chi connectivity index (χ1n) is 13.0. The maximum Gasteiger partial charge on any atom is 0.223 e. The summed E-state index contributed by atoms with van der Waals surface area (Å²) in [4.78, 5) is 10.5. The minimum Gasteiger partial charge on any atom is -0.457 e. The number of ether oxygens (including phenoxy) is 1. The zero-order valence-electron chi connectivity index (χ0n) is 22.3. The standard InChI is InChI=1S/C27H34F3N5O2S2/c1-5-17(4)24(37-21-9-8-19(22(28)23(21)29)35-39(36)27(30)11-12-27)25(38-16(2)3)20-10-14-32-26(34-20)33-18-7-6-13-31-15-18/h8-10,14,17-18,31,35H,2,5-7,11-13,15H2,1,3-4H3,(H,32,33,34)/b25-24+. The molecule has 1 saturated heterocycles. The highest BCUT2D eigenvalue weighted by atomic mass is 32.2. The van der Waals surface area contributed by atoms with E-state index in [4.69, 9.17) is 9.72 Å². The van der Waals surface area contributed by atoms with Crippen molar-refractivity contribution in [3.05, 3.63) is 59.0 Å². The molecule has 1 saturated carbocycles. The minimum atomic E-state index is -2.18. The predicted octanol–water partition coefficient (Wildman–Crippen LogP) is 6.51. The maximum atomic E-state index is 15.2. The van der Waals surface area contributed by atoms with Crippen molar-refractivity contribution in [2.45, 2.75) is 63.9 Å². The molecule has 3 N–H and O–H groups in total. The number of aromatic nitrogens is 2. The number of anilines is 2. The molecule has 4 rings (SSSR count). The summed E-state index contributed by atoms with van der Waals surface area (Å²) >= 11 is 1.33. The maximum absolute atomic E-state index is 15.2. The van der Waals surface area contributed by atoms with Gasteiger partial charge in [0.2, 0.25) is 16.8 Å². The molecule has 0 bridgehead atoms. The van der Waals surface area contributed by atoms with Crippen LogP contribution in [0, 0.1) is 17.6 Å². The van der Waals surface area contributed by atoms with Gasteiger partial charge in [-0.2, -0.15) is 4.39 Å². The van der Waals surface area contributed by atoms with Crippen LogP contribution in [0.4, 0.5) is 24.8 Å². The third kappa shape index (κ3) is 7.34. The number of hydrogen-bond acceptors (Lipinski definition) is 7. The van der Waals surface area contributed by atoms with Gasteiger partial charge in [-0.05, 0) is 68.7 Å². The van der Waals surface area contributed by atoms with Crippen LogP contribution in [-0.2, 0) is 11.0 Å². The van der Waals surface area contributed by atoms with Crippen LogP contribution in [0.25, 0.3) is 4.91 Å². The topological polar surface area (TPSA) is 88.2 Å². The summed E-state index contributed by atoms with van der Waals surface area (Å²) in [7, 11) is -2.18. The van der Waals surface area contributed by atoms with E-state index in [1.54, 1.807) is 12.3 Å². The molecule has 1 aliphatic heterocycles. The number of thioether (sulfide) groups is 1. The largest absolute Gasteiger partial charge is 0.457 e. The van der Waals surface area contributed by atoms with Crippen LogP contribution in [0.1, 0.15) is 58.6 Å². The normalized spacial score (nSPS) is 20.4. The van der Waals surface area contributed by atoms with Gasteiger partial charge in [-0.3, -0.25) is 4.72 Å². The summed E-state index contributed by atoms with van der Waals surface area (Å²) in [6.07, 6.45) is 4.58. The number of piperidine rings is 1. The quantitative estimate of drug-likeness (QED) is 0.246. The number of hydrogen-bond donors (Lipinski definition) is 3. The van der Waals surface area contributed by atoms with E-state index in [2.05, 4.69) is 26.9 Å². The smallest absolute Gasteiger partial charge is 0.223 e.